The van der Waals surface area contributed by atoms with Gasteiger partial charge in [0.25, 0.3) is 16.8 Å². The van der Waals surface area contributed by atoms with Crippen LogP contribution in [0.4, 0.5) is 10.5 Å². The quantitative estimate of drug-likeness (QED) is 0.103. The van der Waals surface area contributed by atoms with E-state index in [-0.39, 0.29) is 29.5 Å². The molecule has 0 bridgehead atoms. The van der Waals surface area contributed by atoms with Crippen LogP contribution >= 0.6 is 39.3 Å². The maximum absolute atomic E-state index is 13.0. The third-order valence-electron chi connectivity index (χ3n) is 5.50. The number of ether oxygens (including phenoxy) is 2. The molecule has 1 saturated heterocycles. The number of carbonyl (C=O) groups is 3. The molecule has 12 heteroatoms. The molecule has 2 amide bonds. The Morgan fingerprint density at radius 2 is 1.79 bits per heavy atom. The van der Waals surface area contributed by atoms with E-state index in [4.69, 9.17) is 21.1 Å². The van der Waals surface area contributed by atoms with Gasteiger partial charge in [-0.25, -0.2) is 0 Å². The van der Waals surface area contributed by atoms with E-state index >= 15 is 0 Å². The number of nitro groups is 1. The fourth-order valence-electron chi connectivity index (χ4n) is 3.60. The Bertz CT molecular complexity index is 1480. The van der Waals surface area contributed by atoms with Gasteiger partial charge in [0.1, 0.15) is 6.61 Å². The van der Waals surface area contributed by atoms with E-state index in [0.717, 1.165) is 22.2 Å². The summed E-state index contributed by atoms with van der Waals surface area (Å²) in [7, 11) is 0. The number of hydrogen-bond acceptors (Lipinski definition) is 8. The van der Waals surface area contributed by atoms with Crippen molar-refractivity contribution < 1.29 is 28.8 Å². The van der Waals surface area contributed by atoms with E-state index in [0.29, 0.717) is 38.7 Å². The third kappa shape index (κ3) is 6.86. The highest BCUT2D eigenvalue weighted by Crippen LogP contribution is 2.40. The summed E-state index contributed by atoms with van der Waals surface area (Å²) in [6.07, 6.45) is 1.55. The first kappa shape index (κ1) is 28.3. The molecule has 0 radical (unpaired) electrons. The first-order chi connectivity index (χ1) is 18.7. The number of amides is 2. The minimum absolute atomic E-state index is 0.0157. The number of Topliss-reactive ketones (excluding diaryl/α,β-unsaturated/α-hetero) is 1. The van der Waals surface area contributed by atoms with Crippen molar-refractivity contribution >= 4 is 68.0 Å². The zero-order chi connectivity index (χ0) is 28.1. The van der Waals surface area contributed by atoms with Gasteiger partial charge in [-0.3, -0.25) is 29.4 Å². The molecule has 4 rings (SSSR count). The molecular weight excluding hydrogens is 612 g/mol. The number of ketones is 1. The van der Waals surface area contributed by atoms with Gasteiger partial charge < -0.3 is 9.47 Å². The van der Waals surface area contributed by atoms with E-state index in [1.54, 1.807) is 42.5 Å². The summed E-state index contributed by atoms with van der Waals surface area (Å²) in [5.41, 5.74) is 1.62. The standard InChI is InChI=1S/C27H20BrClN2O7S/c1-2-37-23-12-17(11-21(28)25(23)38-15-16-3-9-20(10-4-16)31(35)36)13-24-26(33)30(27(34)39-24)14-22(32)18-5-7-19(29)8-6-18/h3-13H,2,14-15H2,1H3/b24-13+. The number of benzene rings is 3. The molecule has 200 valence electrons. The highest BCUT2D eigenvalue weighted by atomic mass is 79.9. The molecule has 9 nitrogen and oxygen atoms in total. The van der Waals surface area contributed by atoms with Gasteiger partial charge in [0.15, 0.2) is 17.3 Å². The molecule has 3 aromatic carbocycles. The molecule has 0 N–H and O–H groups in total. The van der Waals surface area contributed by atoms with Gasteiger partial charge in [0.2, 0.25) is 0 Å². The second-order valence-electron chi connectivity index (χ2n) is 8.17. The Hall–Kier alpha value is -3.67. The van der Waals surface area contributed by atoms with Crippen LogP contribution in [-0.4, -0.2) is 39.9 Å². The third-order valence-corrected chi connectivity index (χ3v) is 7.25. The highest BCUT2D eigenvalue weighted by molar-refractivity contribution is 9.10. The van der Waals surface area contributed by atoms with Crippen molar-refractivity contribution in [1.29, 1.82) is 0 Å². The molecule has 0 saturated carbocycles. The van der Waals surface area contributed by atoms with Gasteiger partial charge in [-0.1, -0.05) is 11.6 Å². The lowest BCUT2D eigenvalue weighted by Crippen LogP contribution is -2.33. The van der Waals surface area contributed by atoms with E-state index in [9.17, 15) is 24.5 Å². The molecule has 0 atom stereocenters. The highest BCUT2D eigenvalue weighted by Gasteiger charge is 2.36. The van der Waals surface area contributed by atoms with Crippen LogP contribution in [0.5, 0.6) is 11.5 Å². The van der Waals surface area contributed by atoms with Gasteiger partial charge in [-0.05, 0) is 100 Å². The number of nitro benzene ring substituents is 1. The molecule has 1 aliphatic rings. The Balaban J connectivity index is 1.51. The van der Waals surface area contributed by atoms with Crippen molar-refractivity contribution in [3.05, 3.63) is 102 Å². The Morgan fingerprint density at radius 1 is 1.10 bits per heavy atom. The average molecular weight is 632 g/mol. The second-order valence-corrected chi connectivity index (χ2v) is 10.5. The number of non-ortho nitro benzene ring substituents is 1. The van der Waals surface area contributed by atoms with E-state index in [2.05, 4.69) is 15.9 Å². The van der Waals surface area contributed by atoms with Crippen molar-refractivity contribution in [3.8, 4) is 11.5 Å². The number of nitrogens with zero attached hydrogens (tertiary/aromatic N) is 2. The Kier molecular flexibility index (Phi) is 9.05. The van der Waals surface area contributed by atoms with Crippen LogP contribution in [0.2, 0.25) is 5.02 Å². The van der Waals surface area contributed by atoms with Gasteiger partial charge >= 0.3 is 0 Å². The van der Waals surface area contributed by atoms with E-state index < -0.39 is 16.1 Å². The van der Waals surface area contributed by atoms with Crippen LogP contribution in [0.1, 0.15) is 28.4 Å². The number of thioether (sulfide) groups is 1. The maximum atomic E-state index is 13.0. The molecule has 39 heavy (non-hydrogen) atoms. The molecule has 1 aliphatic heterocycles. The summed E-state index contributed by atoms with van der Waals surface area (Å²) in [6, 6.07) is 15.6. The molecule has 0 spiro atoms. The zero-order valence-electron chi connectivity index (χ0n) is 20.4. The fraction of sp³-hybridized carbons (Fsp3) is 0.148. The number of halogens is 2. The first-order valence-corrected chi connectivity index (χ1v) is 13.5. The van der Waals surface area contributed by atoms with Crippen molar-refractivity contribution in [2.45, 2.75) is 13.5 Å². The van der Waals surface area contributed by atoms with Crippen LogP contribution in [0.15, 0.2) is 70.0 Å². The van der Waals surface area contributed by atoms with Gasteiger partial charge in [0.05, 0.1) is 27.5 Å². The summed E-state index contributed by atoms with van der Waals surface area (Å²) >= 11 is 10.1. The predicted molar refractivity (Wildman–Crippen MR) is 151 cm³/mol. The zero-order valence-corrected chi connectivity index (χ0v) is 23.5. The molecule has 1 heterocycles. The predicted octanol–water partition coefficient (Wildman–Crippen LogP) is 6.91. The number of hydrogen-bond donors (Lipinski definition) is 0. The summed E-state index contributed by atoms with van der Waals surface area (Å²) in [5.74, 6) is -0.141. The van der Waals surface area contributed by atoms with Gasteiger partial charge in [0, 0.05) is 22.7 Å². The summed E-state index contributed by atoms with van der Waals surface area (Å²) in [5, 5.41) is 10.8. The van der Waals surface area contributed by atoms with Gasteiger partial charge in [-0.15, -0.1) is 0 Å². The van der Waals surface area contributed by atoms with E-state index in [1.807, 2.05) is 6.92 Å². The number of rotatable bonds is 10. The molecule has 0 aromatic heterocycles. The second kappa shape index (κ2) is 12.5. The van der Waals surface area contributed by atoms with Crippen LogP contribution in [0, 0.1) is 10.1 Å². The minimum atomic E-state index is -0.570. The SMILES string of the molecule is CCOc1cc(/C=C2/SC(=O)N(CC(=O)c3ccc(Cl)cc3)C2=O)cc(Br)c1OCc1ccc([N+](=O)[O-])cc1. The van der Waals surface area contributed by atoms with Crippen LogP contribution in [0.25, 0.3) is 6.08 Å². The summed E-state index contributed by atoms with van der Waals surface area (Å²) in [4.78, 5) is 49.6. The normalized spacial score (nSPS) is 14.1. The van der Waals surface area contributed by atoms with Crippen molar-refractivity contribution in [3.63, 3.8) is 0 Å². The maximum Gasteiger partial charge on any atom is 0.293 e. The Morgan fingerprint density at radius 3 is 2.44 bits per heavy atom. The van der Waals surface area contributed by atoms with Crippen molar-refractivity contribution in [1.82, 2.24) is 4.90 Å². The van der Waals surface area contributed by atoms with Crippen LogP contribution in [0.3, 0.4) is 0 Å². The van der Waals surface area contributed by atoms with Crippen molar-refractivity contribution in [2.75, 3.05) is 13.2 Å². The topological polar surface area (TPSA) is 116 Å². The van der Waals surface area contributed by atoms with Crippen molar-refractivity contribution in [2.24, 2.45) is 0 Å². The average Bonchev–Trinajstić information content (AvgIpc) is 3.16. The minimum Gasteiger partial charge on any atom is -0.490 e. The van der Waals surface area contributed by atoms with Gasteiger partial charge in [-0.2, -0.15) is 0 Å². The Labute approximate surface area is 241 Å². The first-order valence-electron chi connectivity index (χ1n) is 11.5. The lowest BCUT2D eigenvalue weighted by molar-refractivity contribution is -0.384. The largest absolute Gasteiger partial charge is 0.490 e. The molecule has 0 unspecified atom stereocenters. The molecule has 1 fully saturated rings. The molecule has 3 aromatic rings. The summed E-state index contributed by atoms with van der Waals surface area (Å²) < 4.78 is 12.2. The van der Waals surface area contributed by atoms with E-state index in [1.165, 1.54) is 24.3 Å². The lowest BCUT2D eigenvalue weighted by atomic mass is 10.1. The lowest BCUT2D eigenvalue weighted by Gasteiger charge is -2.15. The smallest absolute Gasteiger partial charge is 0.293 e. The molecular formula is C27H20BrClN2O7S. The monoisotopic (exact) mass is 630 g/mol. The number of carbonyl (C=O) groups excluding carboxylic acids is 3. The van der Waals surface area contributed by atoms with Crippen LogP contribution in [-0.2, 0) is 11.4 Å². The number of imide groups is 1. The summed E-state index contributed by atoms with van der Waals surface area (Å²) in [6.45, 7) is 1.90. The fourth-order valence-corrected chi connectivity index (χ4v) is 5.14. The van der Waals surface area contributed by atoms with Crippen LogP contribution < -0.4 is 9.47 Å². The molecule has 0 aliphatic carbocycles.